The van der Waals surface area contributed by atoms with Gasteiger partial charge in [-0.2, -0.15) is 5.10 Å². The molecule has 2 heterocycles. The topological polar surface area (TPSA) is 87.9 Å². The first-order chi connectivity index (χ1) is 14.5. The van der Waals surface area contributed by atoms with Crippen molar-refractivity contribution in [2.24, 2.45) is 5.73 Å². The van der Waals surface area contributed by atoms with E-state index in [1.54, 1.807) is 29.2 Å². The third kappa shape index (κ3) is 5.10. The molecule has 0 aliphatic carbocycles. The number of allylic oxidation sites excluding steroid dienone is 5. The van der Waals surface area contributed by atoms with Gasteiger partial charge in [0.25, 0.3) is 0 Å². The van der Waals surface area contributed by atoms with E-state index in [4.69, 9.17) is 5.73 Å². The summed E-state index contributed by atoms with van der Waals surface area (Å²) in [7, 11) is 0. The van der Waals surface area contributed by atoms with Crippen LogP contribution < -0.4 is 5.73 Å². The van der Waals surface area contributed by atoms with Crippen molar-refractivity contribution < 1.29 is 9.18 Å². The number of aromatic amines is 1. The molecule has 2 aromatic rings. The van der Waals surface area contributed by atoms with Gasteiger partial charge in [0.15, 0.2) is 5.82 Å². The average molecular weight is 410 g/mol. The van der Waals surface area contributed by atoms with E-state index < -0.39 is 6.04 Å². The summed E-state index contributed by atoms with van der Waals surface area (Å²) in [5.41, 5.74) is 7.54. The number of amides is 1. The van der Waals surface area contributed by atoms with E-state index in [1.807, 2.05) is 25.2 Å². The first-order valence-electron chi connectivity index (χ1n) is 10.2. The zero-order valence-corrected chi connectivity index (χ0v) is 17.2. The Morgan fingerprint density at radius 3 is 3.00 bits per heavy atom. The van der Waals surface area contributed by atoms with Gasteiger partial charge in [0.1, 0.15) is 11.6 Å². The molecule has 30 heavy (non-hydrogen) atoms. The number of benzene rings is 1. The van der Waals surface area contributed by atoms with Crippen LogP contribution in [0.2, 0.25) is 0 Å². The summed E-state index contributed by atoms with van der Waals surface area (Å²) < 4.78 is 13.9. The Kier molecular flexibility index (Phi) is 7.30. The van der Waals surface area contributed by atoms with Crippen LogP contribution in [0.15, 0.2) is 55.1 Å². The van der Waals surface area contributed by atoms with Crippen LogP contribution in [-0.4, -0.2) is 38.6 Å². The fourth-order valence-electron chi connectivity index (χ4n) is 3.77. The van der Waals surface area contributed by atoms with E-state index in [-0.39, 0.29) is 24.2 Å². The molecule has 0 bridgehead atoms. The van der Waals surface area contributed by atoms with Crippen LogP contribution in [0.1, 0.15) is 49.4 Å². The Morgan fingerprint density at radius 1 is 1.47 bits per heavy atom. The molecular weight excluding hydrogens is 381 g/mol. The van der Waals surface area contributed by atoms with Crippen molar-refractivity contribution in [3.05, 3.63) is 78.2 Å². The van der Waals surface area contributed by atoms with Gasteiger partial charge in [-0.05, 0) is 37.8 Å². The predicted molar refractivity (Wildman–Crippen MR) is 116 cm³/mol. The van der Waals surface area contributed by atoms with E-state index in [2.05, 4.69) is 21.8 Å². The first kappa shape index (κ1) is 21.6. The number of hydrogen-bond acceptors (Lipinski definition) is 4. The van der Waals surface area contributed by atoms with Crippen LogP contribution in [0, 0.1) is 5.82 Å². The highest BCUT2D eigenvalue weighted by Crippen LogP contribution is 2.31. The van der Waals surface area contributed by atoms with Gasteiger partial charge in [-0.1, -0.05) is 49.1 Å². The molecule has 3 N–H and O–H groups in total. The van der Waals surface area contributed by atoms with Gasteiger partial charge in [0.2, 0.25) is 5.91 Å². The van der Waals surface area contributed by atoms with Crippen molar-refractivity contribution in [1.82, 2.24) is 20.1 Å². The number of carbonyl (C=O) groups is 1. The van der Waals surface area contributed by atoms with E-state index in [9.17, 15) is 9.18 Å². The highest BCUT2D eigenvalue weighted by molar-refractivity contribution is 5.77. The van der Waals surface area contributed by atoms with Crippen LogP contribution in [0.25, 0.3) is 5.57 Å². The molecule has 1 aliphatic rings. The lowest BCUT2D eigenvalue weighted by Gasteiger charge is -2.24. The summed E-state index contributed by atoms with van der Waals surface area (Å²) in [6, 6.07) is 5.92. The third-order valence-corrected chi connectivity index (χ3v) is 5.17. The maximum Gasteiger partial charge on any atom is 0.224 e. The summed E-state index contributed by atoms with van der Waals surface area (Å²) in [6.07, 6.45) is 9.53. The number of H-pyrrole nitrogens is 1. The lowest BCUT2D eigenvalue weighted by Crippen LogP contribution is -2.36. The molecular formula is C23H28FN5O. The van der Waals surface area contributed by atoms with Gasteiger partial charge in [-0.15, -0.1) is 0 Å². The van der Waals surface area contributed by atoms with Crippen molar-refractivity contribution in [2.75, 3.05) is 6.54 Å². The highest BCUT2D eigenvalue weighted by Gasteiger charge is 2.33. The van der Waals surface area contributed by atoms with Crippen molar-refractivity contribution >= 4 is 11.5 Å². The maximum atomic E-state index is 13.9. The zero-order valence-electron chi connectivity index (χ0n) is 17.2. The molecule has 1 saturated heterocycles. The second kappa shape index (κ2) is 10.1. The molecule has 1 aromatic heterocycles. The largest absolute Gasteiger partial charge is 0.332 e. The Hall–Kier alpha value is -3.06. The molecule has 1 fully saturated rings. The normalized spacial score (nSPS) is 18.2. The van der Waals surface area contributed by atoms with Crippen molar-refractivity contribution in [3.8, 4) is 0 Å². The molecule has 0 radical (unpaired) electrons. The molecule has 1 aromatic carbocycles. The van der Waals surface area contributed by atoms with Gasteiger partial charge >= 0.3 is 0 Å². The summed E-state index contributed by atoms with van der Waals surface area (Å²) >= 11 is 0. The van der Waals surface area contributed by atoms with Gasteiger partial charge < -0.3 is 10.6 Å². The number of rotatable bonds is 8. The summed E-state index contributed by atoms with van der Waals surface area (Å²) in [5.74, 6) is 0.893. The number of carbonyl (C=O) groups excluding carboxylic acids is 1. The Labute approximate surface area is 176 Å². The van der Waals surface area contributed by atoms with Crippen LogP contribution in [0.3, 0.4) is 0 Å². The van der Waals surface area contributed by atoms with Gasteiger partial charge in [-0.25, -0.2) is 9.37 Å². The van der Waals surface area contributed by atoms with E-state index >= 15 is 0 Å². The SMILES string of the molecule is C=C/C=C(\C=C/C)c1n[nH]c([C@@H]2CCCN2C(=O)C[C@H](N)Cc2ccccc2F)n1. The molecule has 1 aliphatic heterocycles. The molecule has 7 heteroatoms. The number of nitrogens with zero attached hydrogens (tertiary/aromatic N) is 3. The van der Waals surface area contributed by atoms with Crippen LogP contribution in [-0.2, 0) is 11.2 Å². The van der Waals surface area contributed by atoms with Gasteiger partial charge in [0, 0.05) is 24.6 Å². The molecule has 0 unspecified atom stereocenters. The van der Waals surface area contributed by atoms with E-state index in [0.29, 0.717) is 30.2 Å². The number of hydrogen-bond donors (Lipinski definition) is 2. The molecule has 158 valence electrons. The van der Waals surface area contributed by atoms with E-state index in [1.165, 1.54) is 6.07 Å². The van der Waals surface area contributed by atoms with Gasteiger partial charge in [-0.3, -0.25) is 9.89 Å². The second-order valence-corrected chi connectivity index (χ2v) is 7.41. The maximum absolute atomic E-state index is 13.9. The minimum Gasteiger partial charge on any atom is -0.332 e. The molecule has 0 saturated carbocycles. The molecule has 3 rings (SSSR count). The minimum atomic E-state index is -0.447. The summed E-state index contributed by atoms with van der Waals surface area (Å²) in [4.78, 5) is 19.3. The number of nitrogens with one attached hydrogen (secondary N) is 1. The summed E-state index contributed by atoms with van der Waals surface area (Å²) in [5, 5.41) is 7.30. The van der Waals surface area contributed by atoms with Crippen molar-refractivity contribution in [1.29, 1.82) is 0 Å². The lowest BCUT2D eigenvalue weighted by molar-refractivity contribution is -0.132. The van der Waals surface area contributed by atoms with Gasteiger partial charge in [0.05, 0.1) is 6.04 Å². The lowest BCUT2D eigenvalue weighted by atomic mass is 10.0. The average Bonchev–Trinajstić information content (AvgIpc) is 3.39. The molecule has 0 spiro atoms. The van der Waals surface area contributed by atoms with Crippen LogP contribution >= 0.6 is 0 Å². The quantitative estimate of drug-likeness (QED) is 0.651. The Balaban J connectivity index is 1.68. The third-order valence-electron chi connectivity index (χ3n) is 5.17. The number of nitrogens with two attached hydrogens (primary N) is 1. The highest BCUT2D eigenvalue weighted by atomic mass is 19.1. The Bertz CT molecular complexity index is 949. The van der Waals surface area contributed by atoms with E-state index in [0.717, 1.165) is 18.4 Å². The second-order valence-electron chi connectivity index (χ2n) is 7.41. The monoisotopic (exact) mass is 409 g/mol. The predicted octanol–water partition coefficient (Wildman–Crippen LogP) is 3.71. The fraction of sp³-hybridized carbons (Fsp3) is 0.348. The summed E-state index contributed by atoms with van der Waals surface area (Å²) in [6.45, 7) is 6.30. The smallest absolute Gasteiger partial charge is 0.224 e. The fourth-order valence-corrected chi connectivity index (χ4v) is 3.77. The first-order valence-corrected chi connectivity index (χ1v) is 10.2. The van der Waals surface area contributed by atoms with Crippen molar-refractivity contribution in [3.63, 3.8) is 0 Å². The number of aromatic nitrogens is 3. The zero-order chi connectivity index (χ0) is 21.5. The molecule has 1 amide bonds. The number of halogens is 1. The van der Waals surface area contributed by atoms with Crippen molar-refractivity contribution in [2.45, 2.75) is 44.7 Å². The van der Waals surface area contributed by atoms with Crippen LogP contribution in [0.4, 0.5) is 4.39 Å². The minimum absolute atomic E-state index is 0.0467. The Morgan fingerprint density at radius 2 is 2.27 bits per heavy atom. The number of likely N-dealkylation sites (tertiary alicyclic amines) is 1. The standard InChI is InChI=1S/C23H28FN5O/c1-3-8-16(9-4-2)22-26-23(28-27-22)20-12-7-13-29(20)21(30)15-18(25)14-17-10-5-6-11-19(17)24/h3-6,8-11,18,20H,1,7,12-15,25H2,2H3,(H,26,27,28)/b9-4-,16-8+/t18-,20+/m1/s1. The molecule has 6 nitrogen and oxygen atoms in total. The molecule has 2 atom stereocenters. The van der Waals surface area contributed by atoms with Crippen LogP contribution in [0.5, 0.6) is 0 Å².